The summed E-state index contributed by atoms with van der Waals surface area (Å²) in [5.41, 5.74) is 0.621. The van der Waals surface area contributed by atoms with Crippen LogP contribution in [0, 0.1) is 5.92 Å². The summed E-state index contributed by atoms with van der Waals surface area (Å²) in [5.74, 6) is 0.293. The molecule has 4 rings (SSSR count). The highest BCUT2D eigenvalue weighted by molar-refractivity contribution is 6.31. The maximum atomic E-state index is 12.1. The Morgan fingerprint density at radius 1 is 0.871 bits per heavy atom. The van der Waals surface area contributed by atoms with Crippen LogP contribution < -0.4 is 15.4 Å². The fourth-order valence-corrected chi connectivity index (χ4v) is 4.50. The smallest absolute Gasteiger partial charge is 0.328 e. The maximum absolute atomic E-state index is 12.1. The summed E-state index contributed by atoms with van der Waals surface area (Å²) < 4.78 is 6.09. The molecule has 1 aliphatic carbocycles. The number of rotatable bonds is 7. The number of nitrogens with one attached hydrogen (secondary N) is 2. The minimum atomic E-state index is -0.802. The van der Waals surface area contributed by atoms with Gasteiger partial charge in [0, 0.05) is 5.39 Å². The molecule has 1 heterocycles. The van der Waals surface area contributed by atoms with Crippen LogP contribution in [0.25, 0.3) is 16.8 Å². The molecule has 1 aliphatic heterocycles. The minimum Gasteiger partial charge on any atom is -0.493 e. The molecule has 2 aromatic rings. The van der Waals surface area contributed by atoms with E-state index in [2.05, 4.69) is 10.6 Å². The van der Waals surface area contributed by atoms with Crippen molar-refractivity contribution < 1.29 is 19.1 Å². The molecule has 2 aliphatic rings. The van der Waals surface area contributed by atoms with Gasteiger partial charge in [-0.2, -0.15) is 0 Å². The number of benzene rings is 2. The number of urea groups is 1. The van der Waals surface area contributed by atoms with Crippen LogP contribution in [0.3, 0.4) is 0 Å². The molecule has 2 aromatic carbocycles. The van der Waals surface area contributed by atoms with Gasteiger partial charge in [-0.3, -0.25) is 20.2 Å². The summed E-state index contributed by atoms with van der Waals surface area (Å²) >= 11 is 0. The van der Waals surface area contributed by atoms with Gasteiger partial charge in [0.2, 0.25) is 0 Å². The van der Waals surface area contributed by atoms with Gasteiger partial charge in [-0.1, -0.05) is 68.9 Å². The zero-order valence-electron chi connectivity index (χ0n) is 17.6. The van der Waals surface area contributed by atoms with Crippen LogP contribution in [0.1, 0.15) is 56.9 Å². The molecule has 0 atom stereocenters. The van der Waals surface area contributed by atoms with Crippen LogP contribution in [0.4, 0.5) is 4.79 Å². The van der Waals surface area contributed by atoms with Crippen LogP contribution in [0.5, 0.6) is 5.75 Å². The molecule has 1 saturated carbocycles. The topological polar surface area (TPSA) is 84.5 Å². The molecule has 162 valence electrons. The molecule has 6 heteroatoms. The lowest BCUT2D eigenvalue weighted by Crippen LogP contribution is -2.51. The predicted molar refractivity (Wildman–Crippen MR) is 120 cm³/mol. The molecule has 6 nitrogen and oxygen atoms in total. The normalized spacial score (nSPS) is 17.4. The summed E-state index contributed by atoms with van der Waals surface area (Å²) in [6, 6.07) is 10.7. The zero-order chi connectivity index (χ0) is 21.6. The second-order valence-electron chi connectivity index (χ2n) is 8.34. The number of ether oxygens (including phenoxy) is 1. The van der Waals surface area contributed by atoms with E-state index in [0.717, 1.165) is 34.4 Å². The molecular weight excluding hydrogens is 392 g/mol. The Morgan fingerprint density at radius 3 is 2.32 bits per heavy atom. The van der Waals surface area contributed by atoms with Crippen LogP contribution >= 0.6 is 0 Å². The third-order valence-electron chi connectivity index (χ3n) is 6.15. The van der Waals surface area contributed by atoms with E-state index in [1.807, 2.05) is 36.4 Å². The molecular formula is C25H28N2O4. The average molecular weight is 421 g/mol. The average Bonchev–Trinajstić information content (AvgIpc) is 2.77. The Balaban J connectivity index is 1.44. The number of carbonyl (C=O) groups excluding carboxylic acids is 3. The fourth-order valence-electron chi connectivity index (χ4n) is 4.50. The Kier molecular flexibility index (Phi) is 6.65. The van der Waals surface area contributed by atoms with Gasteiger partial charge >= 0.3 is 6.03 Å². The van der Waals surface area contributed by atoms with E-state index in [1.165, 1.54) is 51.0 Å². The van der Waals surface area contributed by atoms with E-state index < -0.39 is 17.8 Å². The number of carbonyl (C=O) groups is 3. The van der Waals surface area contributed by atoms with Gasteiger partial charge in [0.25, 0.3) is 11.8 Å². The van der Waals surface area contributed by atoms with Crippen molar-refractivity contribution in [3.05, 3.63) is 47.5 Å². The number of hydrogen-bond acceptors (Lipinski definition) is 4. The zero-order valence-corrected chi connectivity index (χ0v) is 17.6. The first-order chi connectivity index (χ1) is 15.1. The van der Waals surface area contributed by atoms with Crippen molar-refractivity contribution in [2.45, 2.75) is 51.4 Å². The van der Waals surface area contributed by atoms with Crippen molar-refractivity contribution in [1.29, 1.82) is 0 Å². The summed E-state index contributed by atoms with van der Waals surface area (Å²) in [4.78, 5) is 35.4. The third kappa shape index (κ3) is 5.13. The SMILES string of the molecule is O=C1NC(=O)C(=Cc2ccc(OCCCCC3CCCCC3)c3ccccc23)C(=O)N1. The van der Waals surface area contributed by atoms with Crippen molar-refractivity contribution in [1.82, 2.24) is 10.6 Å². The molecule has 0 bridgehead atoms. The van der Waals surface area contributed by atoms with Crippen molar-refractivity contribution in [3.63, 3.8) is 0 Å². The highest BCUT2D eigenvalue weighted by atomic mass is 16.5. The van der Waals surface area contributed by atoms with E-state index in [-0.39, 0.29) is 5.57 Å². The van der Waals surface area contributed by atoms with Gasteiger partial charge in [-0.15, -0.1) is 0 Å². The van der Waals surface area contributed by atoms with Crippen molar-refractivity contribution in [2.24, 2.45) is 5.92 Å². The Labute approximate surface area is 182 Å². The predicted octanol–water partition coefficient (Wildman–Crippen LogP) is 4.72. The Bertz CT molecular complexity index is 999. The van der Waals surface area contributed by atoms with Gasteiger partial charge in [0.15, 0.2) is 0 Å². The number of unbranched alkanes of at least 4 members (excludes halogenated alkanes) is 1. The number of imide groups is 2. The van der Waals surface area contributed by atoms with Gasteiger partial charge in [0.1, 0.15) is 11.3 Å². The summed E-state index contributed by atoms with van der Waals surface area (Å²) in [6.07, 6.45) is 12.0. The number of barbiturate groups is 1. The Hall–Kier alpha value is -3.15. The quantitative estimate of drug-likeness (QED) is 0.386. The van der Waals surface area contributed by atoms with Crippen LogP contribution in [-0.2, 0) is 9.59 Å². The van der Waals surface area contributed by atoms with Crippen LogP contribution in [0.2, 0.25) is 0 Å². The highest BCUT2D eigenvalue weighted by Gasteiger charge is 2.27. The molecule has 2 fully saturated rings. The second-order valence-corrected chi connectivity index (χ2v) is 8.34. The van der Waals surface area contributed by atoms with Crippen LogP contribution in [-0.4, -0.2) is 24.5 Å². The lowest BCUT2D eigenvalue weighted by molar-refractivity contribution is -0.123. The molecule has 0 radical (unpaired) electrons. The largest absolute Gasteiger partial charge is 0.493 e. The standard InChI is InChI=1S/C25H28N2O4/c28-23-21(24(29)27-25(30)26-23)16-18-13-14-22(20-12-5-4-11-19(18)20)31-15-7-6-10-17-8-2-1-3-9-17/h4-5,11-14,16-17H,1-3,6-10,15H2,(H2,26,27,28,29,30). The fraction of sp³-hybridized carbons (Fsp3) is 0.400. The minimum absolute atomic E-state index is 0.0962. The van der Waals surface area contributed by atoms with E-state index in [0.29, 0.717) is 6.61 Å². The van der Waals surface area contributed by atoms with Crippen molar-refractivity contribution in [3.8, 4) is 5.75 Å². The van der Waals surface area contributed by atoms with Crippen molar-refractivity contribution >= 4 is 34.7 Å². The summed E-state index contributed by atoms with van der Waals surface area (Å²) in [5, 5.41) is 6.01. The van der Waals surface area contributed by atoms with Crippen molar-refractivity contribution in [2.75, 3.05) is 6.61 Å². The van der Waals surface area contributed by atoms with Gasteiger partial charge in [-0.05, 0) is 41.9 Å². The number of amides is 4. The molecule has 0 unspecified atom stereocenters. The Morgan fingerprint density at radius 2 is 1.58 bits per heavy atom. The van der Waals surface area contributed by atoms with Gasteiger partial charge < -0.3 is 4.74 Å². The first-order valence-electron chi connectivity index (χ1n) is 11.1. The first kappa shape index (κ1) is 21.1. The molecule has 4 amide bonds. The van der Waals surface area contributed by atoms with Gasteiger partial charge in [0.05, 0.1) is 6.61 Å². The van der Waals surface area contributed by atoms with E-state index in [9.17, 15) is 14.4 Å². The molecule has 1 saturated heterocycles. The monoisotopic (exact) mass is 420 g/mol. The first-order valence-corrected chi connectivity index (χ1v) is 11.1. The number of fused-ring (bicyclic) bond motifs is 1. The third-order valence-corrected chi connectivity index (χ3v) is 6.15. The highest BCUT2D eigenvalue weighted by Crippen LogP contribution is 2.31. The molecule has 31 heavy (non-hydrogen) atoms. The lowest BCUT2D eigenvalue weighted by atomic mass is 9.86. The lowest BCUT2D eigenvalue weighted by Gasteiger charge is -2.21. The maximum Gasteiger partial charge on any atom is 0.328 e. The number of hydrogen-bond donors (Lipinski definition) is 2. The molecule has 2 N–H and O–H groups in total. The summed E-state index contributed by atoms with van der Waals surface area (Å²) in [7, 11) is 0. The van der Waals surface area contributed by atoms with E-state index in [4.69, 9.17) is 4.74 Å². The molecule has 0 aromatic heterocycles. The van der Waals surface area contributed by atoms with Crippen LogP contribution in [0.15, 0.2) is 42.0 Å². The van der Waals surface area contributed by atoms with Gasteiger partial charge in [-0.25, -0.2) is 4.79 Å². The summed E-state index contributed by atoms with van der Waals surface area (Å²) in [6.45, 7) is 0.671. The van der Waals surface area contributed by atoms with E-state index >= 15 is 0 Å². The molecule has 0 spiro atoms. The second kappa shape index (κ2) is 9.77. The van der Waals surface area contributed by atoms with E-state index in [1.54, 1.807) is 0 Å².